The highest BCUT2D eigenvalue weighted by Crippen LogP contribution is 2.32. The number of nitrogens with one attached hydrogen (secondary N) is 2. The van der Waals surface area contributed by atoms with E-state index in [0.29, 0.717) is 11.5 Å². The molecule has 0 aliphatic carbocycles. The molecule has 0 unspecified atom stereocenters. The highest BCUT2D eigenvalue weighted by atomic mass is 35.5. The predicted molar refractivity (Wildman–Crippen MR) is 78.9 cm³/mol. The van der Waals surface area contributed by atoms with Gasteiger partial charge in [-0.3, -0.25) is 20.4 Å². The van der Waals surface area contributed by atoms with Crippen molar-refractivity contribution in [2.45, 2.75) is 0 Å². The molecule has 0 bridgehead atoms. The van der Waals surface area contributed by atoms with Crippen molar-refractivity contribution >= 4 is 23.4 Å². The van der Waals surface area contributed by atoms with E-state index in [1.54, 1.807) is 6.07 Å². The maximum atomic E-state index is 13.6. The van der Waals surface area contributed by atoms with E-state index in [1.807, 2.05) is 0 Å². The number of carbonyl (C=O) groups is 2. The Bertz CT molecular complexity index is 797. The summed E-state index contributed by atoms with van der Waals surface area (Å²) in [5.74, 6) is -1.19. The van der Waals surface area contributed by atoms with E-state index in [1.165, 1.54) is 24.3 Å². The molecule has 0 radical (unpaired) electrons. The van der Waals surface area contributed by atoms with E-state index >= 15 is 0 Å². The van der Waals surface area contributed by atoms with Crippen LogP contribution in [0, 0.1) is 5.82 Å². The summed E-state index contributed by atoms with van der Waals surface area (Å²) in [5, 5.41) is 0.170. The number of hydrazine groups is 1. The van der Waals surface area contributed by atoms with Gasteiger partial charge in [-0.05, 0) is 36.4 Å². The zero-order chi connectivity index (χ0) is 16.4. The fraction of sp³-hybridized carbons (Fsp3) is 0.0667. The van der Waals surface area contributed by atoms with E-state index in [4.69, 9.17) is 21.1 Å². The Morgan fingerprint density at radius 3 is 2.52 bits per heavy atom. The third kappa shape index (κ3) is 3.19. The van der Waals surface area contributed by atoms with Crippen molar-refractivity contribution in [3.8, 4) is 11.5 Å². The monoisotopic (exact) mass is 336 g/mol. The second-order valence-corrected chi connectivity index (χ2v) is 5.04. The van der Waals surface area contributed by atoms with Crippen LogP contribution in [0.1, 0.15) is 20.7 Å². The van der Waals surface area contributed by atoms with Gasteiger partial charge in [-0.25, -0.2) is 4.39 Å². The number of ether oxygens (including phenoxy) is 2. The number of rotatable bonds is 2. The van der Waals surface area contributed by atoms with Gasteiger partial charge in [-0.2, -0.15) is 0 Å². The van der Waals surface area contributed by atoms with Crippen LogP contribution in [0.25, 0.3) is 0 Å². The van der Waals surface area contributed by atoms with Gasteiger partial charge < -0.3 is 9.47 Å². The molecule has 6 nitrogen and oxygen atoms in total. The molecule has 0 saturated carbocycles. The van der Waals surface area contributed by atoms with E-state index in [2.05, 4.69) is 10.9 Å². The van der Waals surface area contributed by atoms with Crippen molar-refractivity contribution in [1.29, 1.82) is 0 Å². The number of halogens is 2. The van der Waals surface area contributed by atoms with Crippen LogP contribution in [0.4, 0.5) is 4.39 Å². The first-order valence-electron chi connectivity index (χ1n) is 6.50. The molecule has 2 aromatic carbocycles. The van der Waals surface area contributed by atoms with Crippen LogP contribution in [0.5, 0.6) is 11.5 Å². The fourth-order valence-electron chi connectivity index (χ4n) is 1.96. The maximum absolute atomic E-state index is 13.6. The lowest BCUT2D eigenvalue weighted by atomic mass is 10.2. The van der Waals surface area contributed by atoms with E-state index in [9.17, 15) is 14.0 Å². The standard InChI is InChI=1S/C15H10ClFN2O4/c16-9-2-3-10(11(17)6-9)15(21)19-18-14(20)8-1-4-12-13(5-8)23-7-22-12/h1-6H,7H2,(H,18,20)(H,19,21). The molecule has 23 heavy (non-hydrogen) atoms. The summed E-state index contributed by atoms with van der Waals surface area (Å²) in [6.45, 7) is 0.0903. The lowest BCUT2D eigenvalue weighted by molar-refractivity contribution is 0.0844. The minimum Gasteiger partial charge on any atom is -0.454 e. The van der Waals surface area contributed by atoms with Gasteiger partial charge >= 0.3 is 0 Å². The van der Waals surface area contributed by atoms with Crippen LogP contribution in [0.15, 0.2) is 36.4 Å². The number of fused-ring (bicyclic) bond motifs is 1. The van der Waals surface area contributed by atoms with Crippen molar-refractivity contribution in [3.63, 3.8) is 0 Å². The van der Waals surface area contributed by atoms with Crippen molar-refractivity contribution in [3.05, 3.63) is 58.4 Å². The van der Waals surface area contributed by atoms with Crippen LogP contribution in [0.2, 0.25) is 5.02 Å². The second kappa shape index (κ2) is 6.13. The molecule has 2 amide bonds. The third-order valence-corrected chi connectivity index (χ3v) is 3.34. The molecule has 2 N–H and O–H groups in total. The molecule has 1 aliphatic rings. The molecule has 3 rings (SSSR count). The topological polar surface area (TPSA) is 76.7 Å². The SMILES string of the molecule is O=C(NNC(=O)c1ccc(Cl)cc1F)c1ccc2c(c1)OCO2. The average Bonchev–Trinajstić information content (AvgIpc) is 2.99. The first-order chi connectivity index (χ1) is 11.0. The zero-order valence-electron chi connectivity index (χ0n) is 11.6. The molecule has 0 fully saturated rings. The molecule has 0 atom stereocenters. The largest absolute Gasteiger partial charge is 0.454 e. The molecular formula is C15H10ClFN2O4. The van der Waals surface area contributed by atoms with Crippen LogP contribution >= 0.6 is 11.6 Å². The van der Waals surface area contributed by atoms with Gasteiger partial charge in [0.25, 0.3) is 11.8 Å². The minimum atomic E-state index is -0.798. The maximum Gasteiger partial charge on any atom is 0.272 e. The van der Waals surface area contributed by atoms with Gasteiger partial charge in [-0.15, -0.1) is 0 Å². The smallest absolute Gasteiger partial charge is 0.272 e. The summed E-state index contributed by atoms with van der Waals surface area (Å²) < 4.78 is 23.9. The molecule has 0 aromatic heterocycles. The predicted octanol–water partition coefficient (Wildman–Crippen LogP) is 2.28. The normalized spacial score (nSPS) is 11.9. The Labute approximate surface area is 135 Å². The van der Waals surface area contributed by atoms with Crippen molar-refractivity contribution in [2.24, 2.45) is 0 Å². The second-order valence-electron chi connectivity index (χ2n) is 4.60. The summed E-state index contributed by atoms with van der Waals surface area (Å²) in [6.07, 6.45) is 0. The first kappa shape index (κ1) is 15.1. The highest BCUT2D eigenvalue weighted by molar-refractivity contribution is 6.30. The van der Waals surface area contributed by atoms with Gasteiger partial charge in [0.05, 0.1) is 5.56 Å². The molecule has 118 valence electrons. The lowest BCUT2D eigenvalue weighted by Crippen LogP contribution is -2.41. The minimum absolute atomic E-state index is 0.0903. The number of hydrogen-bond donors (Lipinski definition) is 2. The van der Waals surface area contributed by atoms with Crippen molar-refractivity contribution in [2.75, 3.05) is 6.79 Å². The van der Waals surface area contributed by atoms with Crippen LogP contribution in [0.3, 0.4) is 0 Å². The average molecular weight is 337 g/mol. The Hall–Kier alpha value is -2.80. The van der Waals surface area contributed by atoms with Crippen LogP contribution < -0.4 is 20.3 Å². The molecule has 0 saturated heterocycles. The Morgan fingerprint density at radius 1 is 1.00 bits per heavy atom. The van der Waals surface area contributed by atoms with E-state index in [-0.39, 0.29) is 22.9 Å². The summed E-state index contributed by atoms with van der Waals surface area (Å²) >= 11 is 5.61. The summed E-state index contributed by atoms with van der Waals surface area (Å²) in [7, 11) is 0. The third-order valence-electron chi connectivity index (χ3n) is 3.10. The Balaban J connectivity index is 1.65. The van der Waals surface area contributed by atoms with Gasteiger partial charge in [0.2, 0.25) is 6.79 Å². The fourth-order valence-corrected chi connectivity index (χ4v) is 2.12. The lowest BCUT2D eigenvalue weighted by Gasteiger charge is -2.08. The van der Waals surface area contributed by atoms with Gasteiger partial charge in [0.15, 0.2) is 11.5 Å². The summed E-state index contributed by atoms with van der Waals surface area (Å²) in [6, 6.07) is 8.18. The summed E-state index contributed by atoms with van der Waals surface area (Å²) in [5.41, 5.74) is 4.35. The van der Waals surface area contributed by atoms with Crippen LogP contribution in [-0.2, 0) is 0 Å². The first-order valence-corrected chi connectivity index (χ1v) is 6.88. The van der Waals surface area contributed by atoms with Crippen LogP contribution in [-0.4, -0.2) is 18.6 Å². The number of benzene rings is 2. The molecule has 0 spiro atoms. The van der Waals surface area contributed by atoms with Crippen molar-refractivity contribution < 1.29 is 23.5 Å². The number of hydrogen-bond acceptors (Lipinski definition) is 4. The Morgan fingerprint density at radius 2 is 1.74 bits per heavy atom. The quantitative estimate of drug-likeness (QED) is 0.825. The highest BCUT2D eigenvalue weighted by Gasteiger charge is 2.17. The Kier molecular flexibility index (Phi) is 4.03. The summed E-state index contributed by atoms with van der Waals surface area (Å²) in [4.78, 5) is 23.8. The number of amides is 2. The molecule has 2 aromatic rings. The molecule has 8 heteroatoms. The van der Waals surface area contributed by atoms with E-state index < -0.39 is 17.6 Å². The van der Waals surface area contributed by atoms with Gasteiger partial charge in [-0.1, -0.05) is 11.6 Å². The molecular weight excluding hydrogens is 327 g/mol. The van der Waals surface area contributed by atoms with Gasteiger partial charge in [0.1, 0.15) is 5.82 Å². The zero-order valence-corrected chi connectivity index (χ0v) is 12.3. The van der Waals surface area contributed by atoms with E-state index in [0.717, 1.165) is 6.07 Å². The molecule has 1 aliphatic heterocycles. The van der Waals surface area contributed by atoms with Crippen molar-refractivity contribution in [1.82, 2.24) is 10.9 Å². The molecule has 1 heterocycles. The van der Waals surface area contributed by atoms with Gasteiger partial charge in [0, 0.05) is 10.6 Å². The number of carbonyl (C=O) groups excluding carboxylic acids is 2.